The first kappa shape index (κ1) is 33.6. The predicted molar refractivity (Wildman–Crippen MR) is 176 cm³/mol. The van der Waals surface area contributed by atoms with E-state index in [2.05, 4.69) is 37.6 Å². The highest BCUT2D eigenvalue weighted by Crippen LogP contribution is 2.24. The number of hydrogen-bond donors (Lipinski definition) is 2. The molecular weight excluding hydrogens is 570 g/mol. The number of hydrogen-bond acceptors (Lipinski definition) is 10. The number of esters is 1. The lowest BCUT2D eigenvalue weighted by Gasteiger charge is -2.31. The van der Waals surface area contributed by atoms with Crippen LogP contribution in [0.1, 0.15) is 58.9 Å². The maximum absolute atomic E-state index is 12.1. The number of carbonyl (C=O) groups excluding carboxylic acids is 2. The van der Waals surface area contributed by atoms with E-state index < -0.39 is 5.60 Å². The summed E-state index contributed by atoms with van der Waals surface area (Å²) in [6, 6.07) is 14.1. The first-order valence-electron chi connectivity index (χ1n) is 15.8. The van der Waals surface area contributed by atoms with E-state index in [0.29, 0.717) is 38.0 Å². The normalized spacial score (nSPS) is 14.1. The van der Waals surface area contributed by atoms with Crippen LogP contribution in [0.5, 0.6) is 0 Å². The van der Waals surface area contributed by atoms with E-state index in [1.165, 1.54) is 5.56 Å². The lowest BCUT2D eigenvalue weighted by molar-refractivity contribution is -0.144. The monoisotopic (exact) mass is 617 g/mol. The maximum Gasteiger partial charge on any atom is 0.410 e. The molecule has 1 aliphatic heterocycles. The van der Waals surface area contributed by atoms with Crippen molar-refractivity contribution in [3.63, 3.8) is 0 Å². The minimum Gasteiger partial charge on any atom is -0.466 e. The molecule has 0 aliphatic carbocycles. The molecule has 0 saturated carbocycles. The van der Waals surface area contributed by atoms with Gasteiger partial charge in [-0.05, 0) is 102 Å². The summed E-state index contributed by atoms with van der Waals surface area (Å²) >= 11 is 0. The fourth-order valence-electron chi connectivity index (χ4n) is 5.13. The number of benzene rings is 1. The van der Waals surface area contributed by atoms with Crippen LogP contribution in [0.4, 0.5) is 22.2 Å². The van der Waals surface area contributed by atoms with Crippen molar-refractivity contribution in [2.24, 2.45) is 5.92 Å². The van der Waals surface area contributed by atoms with Crippen molar-refractivity contribution >= 4 is 29.5 Å². The molecule has 2 aromatic heterocycles. The van der Waals surface area contributed by atoms with Crippen molar-refractivity contribution in [1.82, 2.24) is 24.8 Å². The van der Waals surface area contributed by atoms with E-state index in [1.54, 1.807) is 24.3 Å². The number of carbonyl (C=O) groups is 2. The summed E-state index contributed by atoms with van der Waals surface area (Å²) in [5.74, 6) is 1.59. The molecular formula is C34H47N7O4. The van der Waals surface area contributed by atoms with Crippen molar-refractivity contribution in [3.05, 3.63) is 60.4 Å². The largest absolute Gasteiger partial charge is 0.466 e. The molecule has 3 aromatic rings. The number of amides is 1. The van der Waals surface area contributed by atoms with Crippen LogP contribution in [0, 0.1) is 5.92 Å². The van der Waals surface area contributed by atoms with Gasteiger partial charge in [-0.3, -0.25) is 9.69 Å². The zero-order valence-corrected chi connectivity index (χ0v) is 27.2. The molecule has 1 aromatic carbocycles. The summed E-state index contributed by atoms with van der Waals surface area (Å²) in [6.07, 6.45) is 6.51. The van der Waals surface area contributed by atoms with Gasteiger partial charge in [-0.15, -0.1) is 0 Å². The van der Waals surface area contributed by atoms with Crippen molar-refractivity contribution in [2.75, 3.05) is 50.5 Å². The van der Waals surface area contributed by atoms with Crippen molar-refractivity contribution in [3.8, 4) is 11.3 Å². The average molecular weight is 618 g/mol. The molecule has 0 spiro atoms. The fourth-order valence-corrected chi connectivity index (χ4v) is 5.13. The van der Waals surface area contributed by atoms with E-state index in [9.17, 15) is 9.59 Å². The number of rotatable bonds is 13. The molecule has 1 aliphatic rings. The molecule has 2 N–H and O–H groups in total. The topological polar surface area (TPSA) is 122 Å². The third-order valence-electron chi connectivity index (χ3n) is 7.45. The number of aromatic nitrogens is 3. The summed E-state index contributed by atoms with van der Waals surface area (Å²) in [4.78, 5) is 41.6. The minimum absolute atomic E-state index is 0.0834. The van der Waals surface area contributed by atoms with Crippen molar-refractivity contribution in [2.45, 2.75) is 65.5 Å². The van der Waals surface area contributed by atoms with Crippen LogP contribution in [0.25, 0.3) is 11.3 Å². The van der Waals surface area contributed by atoms with Gasteiger partial charge in [-0.25, -0.2) is 19.7 Å². The number of pyridine rings is 1. The molecule has 0 atom stereocenters. The predicted octanol–water partition coefficient (Wildman–Crippen LogP) is 6.12. The van der Waals surface area contributed by atoms with E-state index in [-0.39, 0.29) is 12.1 Å². The Bertz CT molecular complexity index is 1390. The molecule has 1 fully saturated rings. The van der Waals surface area contributed by atoms with Gasteiger partial charge < -0.3 is 25.0 Å². The summed E-state index contributed by atoms with van der Waals surface area (Å²) < 4.78 is 10.5. The van der Waals surface area contributed by atoms with Gasteiger partial charge in [0.15, 0.2) is 0 Å². The standard InChI is InChI=1S/C34H47N7O4/c1-6-44-31(42)22-25-14-19-41(20-15-25)24-26-9-7-10-28(21-26)38-32-36-17-13-29(39-32)27-11-12-30(37-23-27)35-16-8-18-40(5)33(43)45-34(2,3)4/h7,9-13,17,21,23,25H,6,8,14-16,18-20,22,24H2,1-5H3,(H,35,37)(H,36,38,39). The van der Waals surface area contributed by atoms with Crippen molar-refractivity contribution in [1.29, 1.82) is 0 Å². The first-order valence-corrected chi connectivity index (χ1v) is 15.8. The highest BCUT2D eigenvalue weighted by Gasteiger charge is 2.22. The number of nitrogens with zero attached hydrogens (tertiary/aromatic N) is 5. The van der Waals surface area contributed by atoms with Crippen LogP contribution < -0.4 is 10.6 Å². The maximum atomic E-state index is 12.1. The zero-order valence-electron chi connectivity index (χ0n) is 27.2. The number of likely N-dealkylation sites (tertiary alicyclic amines) is 1. The Kier molecular flexibility index (Phi) is 12.1. The quantitative estimate of drug-likeness (QED) is 0.171. The Labute approximate surface area is 266 Å². The Morgan fingerprint density at radius 2 is 1.89 bits per heavy atom. The van der Waals surface area contributed by atoms with Gasteiger partial charge >= 0.3 is 12.1 Å². The van der Waals surface area contributed by atoms with E-state index in [1.807, 2.05) is 58.0 Å². The molecule has 4 rings (SSSR count). The van der Waals surface area contributed by atoms with Crippen LogP contribution in [0.15, 0.2) is 54.9 Å². The Balaban J connectivity index is 1.24. The summed E-state index contributed by atoms with van der Waals surface area (Å²) in [5, 5.41) is 6.65. The molecule has 0 radical (unpaired) electrons. The Hall–Kier alpha value is -4.25. The molecule has 0 bridgehead atoms. The van der Waals surface area contributed by atoms with Gasteiger partial charge in [0.2, 0.25) is 5.95 Å². The SMILES string of the molecule is CCOC(=O)CC1CCN(Cc2cccc(Nc3nccc(-c4ccc(NCCCN(C)C(=O)OC(C)(C)C)nc4)n3)c2)CC1. The van der Waals surface area contributed by atoms with E-state index in [0.717, 1.165) is 61.7 Å². The Morgan fingerprint density at radius 3 is 2.60 bits per heavy atom. The Morgan fingerprint density at radius 1 is 1.09 bits per heavy atom. The second kappa shape index (κ2) is 16.2. The fraction of sp³-hybridized carbons (Fsp3) is 0.500. The average Bonchev–Trinajstić information content (AvgIpc) is 3.00. The highest BCUT2D eigenvalue weighted by atomic mass is 16.6. The smallest absolute Gasteiger partial charge is 0.410 e. The summed E-state index contributed by atoms with van der Waals surface area (Å²) in [6.45, 7) is 11.9. The third-order valence-corrected chi connectivity index (χ3v) is 7.45. The first-order chi connectivity index (χ1) is 21.6. The van der Waals surface area contributed by atoms with Crippen molar-refractivity contribution < 1.29 is 19.1 Å². The molecule has 1 amide bonds. The summed E-state index contributed by atoms with van der Waals surface area (Å²) in [5.41, 5.74) is 3.29. The lowest BCUT2D eigenvalue weighted by atomic mass is 9.93. The number of anilines is 3. The van der Waals surface area contributed by atoms with Crippen LogP contribution in [-0.2, 0) is 20.8 Å². The minimum atomic E-state index is -0.506. The molecule has 1 saturated heterocycles. The third kappa shape index (κ3) is 11.3. The van der Waals surface area contributed by atoms with Crippen LogP contribution in [-0.4, -0.2) is 82.2 Å². The summed E-state index contributed by atoms with van der Waals surface area (Å²) in [7, 11) is 1.74. The van der Waals surface area contributed by atoms with Crippen LogP contribution >= 0.6 is 0 Å². The zero-order chi connectivity index (χ0) is 32.2. The highest BCUT2D eigenvalue weighted by molar-refractivity contribution is 5.69. The molecule has 3 heterocycles. The van der Waals surface area contributed by atoms with Gasteiger partial charge in [0.1, 0.15) is 11.4 Å². The molecule has 45 heavy (non-hydrogen) atoms. The lowest BCUT2D eigenvalue weighted by Crippen LogP contribution is -2.35. The second-order valence-electron chi connectivity index (χ2n) is 12.4. The number of ether oxygens (including phenoxy) is 2. The second-order valence-corrected chi connectivity index (χ2v) is 12.4. The molecule has 11 nitrogen and oxygen atoms in total. The molecule has 11 heteroatoms. The van der Waals surface area contributed by atoms with Gasteiger partial charge in [-0.1, -0.05) is 12.1 Å². The van der Waals surface area contributed by atoms with Gasteiger partial charge in [0.25, 0.3) is 0 Å². The van der Waals surface area contributed by atoms with Crippen LogP contribution in [0.2, 0.25) is 0 Å². The van der Waals surface area contributed by atoms with Gasteiger partial charge in [0.05, 0.1) is 12.3 Å². The van der Waals surface area contributed by atoms with Crippen LogP contribution in [0.3, 0.4) is 0 Å². The number of piperidine rings is 1. The number of nitrogens with one attached hydrogen (secondary N) is 2. The van der Waals surface area contributed by atoms with E-state index in [4.69, 9.17) is 14.5 Å². The van der Waals surface area contributed by atoms with E-state index >= 15 is 0 Å². The molecule has 242 valence electrons. The molecule has 0 unspecified atom stereocenters. The van der Waals surface area contributed by atoms with Gasteiger partial charge in [-0.2, -0.15) is 0 Å². The van der Waals surface area contributed by atoms with Gasteiger partial charge in [0, 0.05) is 56.7 Å².